The van der Waals surface area contributed by atoms with Crippen molar-refractivity contribution in [3.8, 4) is 5.69 Å². The Morgan fingerprint density at radius 1 is 0.914 bits per heavy atom. The van der Waals surface area contributed by atoms with Crippen molar-refractivity contribution in [1.29, 1.82) is 0 Å². The second kappa shape index (κ2) is 10.1. The van der Waals surface area contributed by atoms with Crippen molar-refractivity contribution < 1.29 is 18.4 Å². The van der Waals surface area contributed by atoms with E-state index in [9.17, 15) is 23.2 Å². The van der Waals surface area contributed by atoms with Crippen molar-refractivity contribution in [1.82, 2.24) is 15.1 Å². The first-order valence-electron chi connectivity index (χ1n) is 10.6. The molecule has 2 N–H and O–H groups in total. The molecule has 0 aliphatic carbocycles. The largest absolute Gasteiger partial charge is 0.346 e. The zero-order valence-corrected chi connectivity index (χ0v) is 18.6. The van der Waals surface area contributed by atoms with Gasteiger partial charge in [-0.05, 0) is 61.0 Å². The van der Waals surface area contributed by atoms with Crippen molar-refractivity contribution in [3.63, 3.8) is 0 Å². The Hall–Kier alpha value is -4.66. The van der Waals surface area contributed by atoms with Crippen molar-refractivity contribution in [2.75, 3.05) is 5.32 Å². The minimum atomic E-state index is -0.721. The van der Waals surface area contributed by atoms with E-state index >= 15 is 0 Å². The molecule has 0 fully saturated rings. The van der Waals surface area contributed by atoms with E-state index in [1.807, 2.05) is 0 Å². The lowest BCUT2D eigenvalue weighted by molar-refractivity contribution is 0.0942. The van der Waals surface area contributed by atoms with Crippen LogP contribution in [-0.4, -0.2) is 21.6 Å². The van der Waals surface area contributed by atoms with Crippen LogP contribution in [0.15, 0.2) is 83.7 Å². The second-order valence-electron chi connectivity index (χ2n) is 7.71. The number of carbonyl (C=O) groups is 2. The lowest BCUT2D eigenvalue weighted by Gasteiger charge is -2.12. The van der Waals surface area contributed by atoms with Crippen LogP contribution in [0.5, 0.6) is 0 Å². The van der Waals surface area contributed by atoms with Gasteiger partial charge in [-0.15, -0.1) is 0 Å². The quantitative estimate of drug-likeness (QED) is 0.442. The number of aryl methyl sites for hydroxylation is 1. The Morgan fingerprint density at radius 3 is 2.40 bits per heavy atom. The fourth-order valence-electron chi connectivity index (χ4n) is 3.40. The van der Waals surface area contributed by atoms with Gasteiger partial charge in [0.05, 0.1) is 0 Å². The van der Waals surface area contributed by atoms with Gasteiger partial charge in [0.25, 0.3) is 11.8 Å². The number of amides is 2. The normalized spacial score (nSPS) is 10.6. The van der Waals surface area contributed by atoms with Gasteiger partial charge in [-0.3, -0.25) is 14.4 Å². The molecule has 1 aromatic heterocycles. The maximum Gasteiger partial charge on any atom is 0.276 e. The van der Waals surface area contributed by atoms with E-state index in [1.165, 1.54) is 53.2 Å². The Balaban J connectivity index is 1.48. The predicted molar refractivity (Wildman–Crippen MR) is 126 cm³/mol. The number of aromatic nitrogens is 2. The van der Waals surface area contributed by atoms with E-state index in [2.05, 4.69) is 15.7 Å². The summed E-state index contributed by atoms with van der Waals surface area (Å²) in [7, 11) is 0. The first kappa shape index (κ1) is 23.5. The van der Waals surface area contributed by atoms with E-state index in [0.717, 1.165) is 0 Å². The molecule has 4 aromatic rings. The van der Waals surface area contributed by atoms with Crippen LogP contribution in [0.3, 0.4) is 0 Å². The summed E-state index contributed by atoms with van der Waals surface area (Å²) in [5, 5.41) is 9.41. The highest BCUT2D eigenvalue weighted by Crippen LogP contribution is 2.14. The van der Waals surface area contributed by atoms with Crippen molar-refractivity contribution in [3.05, 3.63) is 123 Å². The Morgan fingerprint density at radius 2 is 1.66 bits per heavy atom. The summed E-state index contributed by atoms with van der Waals surface area (Å²) in [5.74, 6) is -2.12. The van der Waals surface area contributed by atoms with Crippen molar-refractivity contribution in [2.45, 2.75) is 13.5 Å². The third-order valence-electron chi connectivity index (χ3n) is 5.15. The van der Waals surface area contributed by atoms with E-state index in [-0.39, 0.29) is 17.9 Å². The topological polar surface area (TPSA) is 93.1 Å². The Kier molecular flexibility index (Phi) is 6.77. The number of hydrogen-bond acceptors (Lipinski definition) is 4. The molecule has 176 valence electrons. The van der Waals surface area contributed by atoms with Crippen molar-refractivity contribution in [2.24, 2.45) is 0 Å². The number of nitrogens with one attached hydrogen (secondary N) is 2. The second-order valence-corrected chi connectivity index (χ2v) is 7.71. The number of benzene rings is 3. The first-order chi connectivity index (χ1) is 16.8. The molecule has 1 heterocycles. The molecule has 35 heavy (non-hydrogen) atoms. The average Bonchev–Trinajstić information content (AvgIpc) is 2.84. The number of anilines is 1. The summed E-state index contributed by atoms with van der Waals surface area (Å²) in [5.41, 5.74) is 0.942. The summed E-state index contributed by atoms with van der Waals surface area (Å²) in [6.07, 6.45) is 0. The average molecular weight is 474 g/mol. The van der Waals surface area contributed by atoms with Gasteiger partial charge in [0.15, 0.2) is 5.69 Å². The fraction of sp³-hybridized carbons (Fsp3) is 0.0769. The molecule has 0 bridgehead atoms. The van der Waals surface area contributed by atoms with E-state index in [4.69, 9.17) is 0 Å². The number of carbonyl (C=O) groups excluding carboxylic acids is 2. The molecule has 0 radical (unpaired) electrons. The maximum absolute atomic E-state index is 14.2. The van der Waals surface area contributed by atoms with Gasteiger partial charge in [0, 0.05) is 29.6 Å². The molecule has 7 nitrogen and oxygen atoms in total. The van der Waals surface area contributed by atoms with E-state index in [0.29, 0.717) is 22.5 Å². The fourth-order valence-corrected chi connectivity index (χ4v) is 3.40. The van der Waals surface area contributed by atoms with Gasteiger partial charge in [-0.25, -0.2) is 13.5 Å². The maximum atomic E-state index is 14.2. The Labute approximate surface area is 199 Å². The van der Waals surface area contributed by atoms with Crippen LogP contribution in [0.1, 0.15) is 32.1 Å². The minimum absolute atomic E-state index is 0.0494. The predicted octanol–water partition coefficient (Wildman–Crippen LogP) is 4.00. The van der Waals surface area contributed by atoms with Crippen LogP contribution in [0.4, 0.5) is 14.5 Å². The first-order valence-corrected chi connectivity index (χ1v) is 10.6. The van der Waals surface area contributed by atoms with Crippen LogP contribution in [-0.2, 0) is 6.54 Å². The monoisotopic (exact) mass is 474 g/mol. The Bertz CT molecular complexity index is 1470. The molecule has 0 unspecified atom stereocenters. The number of halogens is 2. The van der Waals surface area contributed by atoms with Crippen LogP contribution in [0.25, 0.3) is 5.69 Å². The molecule has 0 aliphatic heterocycles. The molecule has 0 spiro atoms. The summed E-state index contributed by atoms with van der Waals surface area (Å²) >= 11 is 0. The zero-order chi connectivity index (χ0) is 24.9. The molecule has 0 aliphatic rings. The SMILES string of the molecule is Cc1cc(=O)c(C(=O)NCc2cccc(NC(=O)c3ccc(F)cc3)c2)nn1-c1ccccc1F. The van der Waals surface area contributed by atoms with Gasteiger partial charge in [0.1, 0.15) is 17.3 Å². The van der Waals surface area contributed by atoms with Crippen LogP contribution >= 0.6 is 0 Å². The van der Waals surface area contributed by atoms with E-state index < -0.39 is 28.9 Å². The standard InChI is InChI=1S/C26H20F2N4O3/c1-16-13-23(33)24(31-32(16)22-8-3-2-7-21(22)28)26(35)29-15-17-5-4-6-20(14-17)30-25(34)18-9-11-19(27)12-10-18/h2-14H,15H2,1H3,(H,29,35)(H,30,34). The third kappa shape index (κ3) is 5.47. The highest BCUT2D eigenvalue weighted by molar-refractivity contribution is 6.04. The van der Waals surface area contributed by atoms with Crippen molar-refractivity contribution >= 4 is 17.5 Å². The molecule has 0 atom stereocenters. The minimum Gasteiger partial charge on any atom is -0.346 e. The molecule has 0 saturated heterocycles. The molecular formula is C26H20F2N4O3. The number of nitrogens with zero attached hydrogens (tertiary/aromatic N) is 2. The lowest BCUT2D eigenvalue weighted by Crippen LogP contribution is -2.31. The van der Waals surface area contributed by atoms with Crippen LogP contribution < -0.4 is 16.1 Å². The molecule has 3 aromatic carbocycles. The van der Waals surface area contributed by atoms with Gasteiger partial charge >= 0.3 is 0 Å². The van der Waals surface area contributed by atoms with Crippen LogP contribution in [0.2, 0.25) is 0 Å². The lowest BCUT2D eigenvalue weighted by atomic mass is 10.1. The van der Waals surface area contributed by atoms with Gasteiger partial charge in [-0.1, -0.05) is 24.3 Å². The number of para-hydroxylation sites is 1. The van der Waals surface area contributed by atoms with Gasteiger partial charge in [-0.2, -0.15) is 5.10 Å². The summed E-state index contributed by atoms with van der Waals surface area (Å²) < 4.78 is 28.5. The number of hydrogen-bond donors (Lipinski definition) is 2. The van der Waals surface area contributed by atoms with Gasteiger partial charge in [0.2, 0.25) is 5.43 Å². The van der Waals surface area contributed by atoms with Gasteiger partial charge < -0.3 is 10.6 Å². The molecule has 2 amide bonds. The number of rotatable bonds is 6. The molecular weight excluding hydrogens is 454 g/mol. The zero-order valence-electron chi connectivity index (χ0n) is 18.6. The molecule has 4 rings (SSSR count). The highest BCUT2D eigenvalue weighted by Gasteiger charge is 2.16. The third-order valence-corrected chi connectivity index (χ3v) is 5.15. The highest BCUT2D eigenvalue weighted by atomic mass is 19.1. The summed E-state index contributed by atoms with van der Waals surface area (Å²) in [6, 6.07) is 19.0. The summed E-state index contributed by atoms with van der Waals surface area (Å²) in [4.78, 5) is 37.5. The van der Waals surface area contributed by atoms with Crippen LogP contribution in [0, 0.1) is 18.6 Å². The molecule has 9 heteroatoms. The smallest absolute Gasteiger partial charge is 0.276 e. The molecule has 0 saturated carbocycles. The van der Waals surface area contributed by atoms with E-state index in [1.54, 1.807) is 37.3 Å². The summed E-state index contributed by atoms with van der Waals surface area (Å²) in [6.45, 7) is 1.64.